The second-order valence-corrected chi connectivity index (χ2v) is 30.1. The smallest absolute Gasteiger partial charge is 0.462 e. The van der Waals surface area contributed by atoms with Crippen molar-refractivity contribution in [3.63, 3.8) is 0 Å². The van der Waals surface area contributed by atoms with Gasteiger partial charge in [-0.25, -0.2) is 9.13 Å². The van der Waals surface area contributed by atoms with Gasteiger partial charge in [0.05, 0.1) is 26.4 Å². The van der Waals surface area contributed by atoms with E-state index >= 15 is 0 Å². The molecule has 0 spiro atoms. The van der Waals surface area contributed by atoms with E-state index in [-0.39, 0.29) is 25.7 Å². The van der Waals surface area contributed by atoms with E-state index < -0.39 is 97.5 Å². The van der Waals surface area contributed by atoms with E-state index in [2.05, 4.69) is 48.5 Å². The van der Waals surface area contributed by atoms with Gasteiger partial charge in [-0.2, -0.15) is 0 Å². The van der Waals surface area contributed by atoms with Crippen molar-refractivity contribution < 1.29 is 80.2 Å². The summed E-state index contributed by atoms with van der Waals surface area (Å²) in [5.41, 5.74) is 0. The van der Waals surface area contributed by atoms with Gasteiger partial charge in [0.1, 0.15) is 19.3 Å². The molecular formula is C72H140O17P2. The number of hydrogen-bond donors (Lipinski definition) is 3. The van der Waals surface area contributed by atoms with Crippen molar-refractivity contribution in [1.82, 2.24) is 0 Å². The third-order valence-electron chi connectivity index (χ3n) is 17.0. The molecule has 0 saturated carbocycles. The fourth-order valence-electron chi connectivity index (χ4n) is 10.9. The molecule has 0 rings (SSSR count). The third kappa shape index (κ3) is 65.1. The van der Waals surface area contributed by atoms with Gasteiger partial charge in [-0.1, -0.05) is 312 Å². The molecule has 91 heavy (non-hydrogen) atoms. The van der Waals surface area contributed by atoms with Crippen molar-refractivity contribution in [2.24, 2.45) is 17.8 Å². The fraction of sp³-hybridized carbons (Fsp3) is 0.944. The Balaban J connectivity index is 5.23. The molecule has 0 amide bonds. The molecule has 6 atom stereocenters. The Bertz CT molecular complexity index is 1790. The Labute approximate surface area is 556 Å². The molecule has 3 N–H and O–H groups in total. The highest BCUT2D eigenvalue weighted by Crippen LogP contribution is 2.45. The molecule has 19 heteroatoms. The molecule has 0 aromatic rings. The zero-order chi connectivity index (χ0) is 67.3. The quantitative estimate of drug-likeness (QED) is 0.0222. The lowest BCUT2D eigenvalue weighted by Crippen LogP contribution is -2.30. The fourth-order valence-corrected chi connectivity index (χ4v) is 12.4. The molecule has 540 valence electrons. The van der Waals surface area contributed by atoms with Gasteiger partial charge >= 0.3 is 39.5 Å². The predicted octanol–water partition coefficient (Wildman–Crippen LogP) is 20.6. The van der Waals surface area contributed by atoms with Crippen molar-refractivity contribution in [3.05, 3.63) is 0 Å². The Morgan fingerprint density at radius 3 is 0.835 bits per heavy atom. The average molecular weight is 1340 g/mol. The van der Waals surface area contributed by atoms with Gasteiger partial charge in [0.25, 0.3) is 0 Å². The van der Waals surface area contributed by atoms with E-state index in [1.54, 1.807) is 0 Å². The van der Waals surface area contributed by atoms with Crippen LogP contribution in [0.1, 0.15) is 363 Å². The normalized spacial score (nSPS) is 14.5. The van der Waals surface area contributed by atoms with Gasteiger partial charge in [0.15, 0.2) is 12.2 Å². The first-order valence-electron chi connectivity index (χ1n) is 37.4. The zero-order valence-electron chi connectivity index (χ0n) is 59.3. The van der Waals surface area contributed by atoms with Crippen LogP contribution in [0.2, 0.25) is 0 Å². The van der Waals surface area contributed by atoms with Crippen LogP contribution in [0, 0.1) is 17.8 Å². The lowest BCUT2D eigenvalue weighted by Gasteiger charge is -2.21. The maximum absolute atomic E-state index is 13.0. The van der Waals surface area contributed by atoms with Crippen molar-refractivity contribution in [2.75, 3.05) is 39.6 Å². The summed E-state index contributed by atoms with van der Waals surface area (Å²) >= 11 is 0. The van der Waals surface area contributed by atoms with Crippen LogP contribution in [-0.4, -0.2) is 96.7 Å². The van der Waals surface area contributed by atoms with Gasteiger partial charge in [-0.3, -0.25) is 37.3 Å². The molecule has 0 aromatic heterocycles. The minimum atomic E-state index is -4.95. The highest BCUT2D eigenvalue weighted by molar-refractivity contribution is 7.47. The van der Waals surface area contributed by atoms with Gasteiger partial charge < -0.3 is 33.8 Å². The molecule has 0 heterocycles. The Kier molecular flexibility index (Phi) is 61.5. The summed E-state index contributed by atoms with van der Waals surface area (Å²) < 4.78 is 68.3. The SMILES string of the molecule is CCCCCCCCCCCCCC(=O)O[C@H](COC(=O)CCCCCCCCCC(C)C)COP(=O)(O)OC[C@H](O)COP(=O)(O)OC[C@@H](COC(=O)CCCCCCCCCCCC(C)C)OC(=O)CCCCCCCCCCCCCCCCC(C)CC. The van der Waals surface area contributed by atoms with Crippen LogP contribution >= 0.6 is 15.6 Å². The van der Waals surface area contributed by atoms with E-state index in [1.165, 1.54) is 167 Å². The molecule has 0 aliphatic rings. The summed E-state index contributed by atoms with van der Waals surface area (Å²) in [7, 11) is -9.90. The number of esters is 4. The highest BCUT2D eigenvalue weighted by Gasteiger charge is 2.30. The van der Waals surface area contributed by atoms with E-state index in [0.29, 0.717) is 31.6 Å². The molecular weight excluding hydrogens is 1200 g/mol. The second kappa shape index (κ2) is 62.8. The maximum Gasteiger partial charge on any atom is 0.472 e. The third-order valence-corrected chi connectivity index (χ3v) is 18.9. The molecule has 0 aliphatic carbocycles. The van der Waals surface area contributed by atoms with E-state index in [4.69, 9.17) is 37.0 Å². The van der Waals surface area contributed by atoms with Gasteiger partial charge in [-0.05, 0) is 43.4 Å². The monoisotopic (exact) mass is 1340 g/mol. The first-order chi connectivity index (χ1) is 43.8. The number of ether oxygens (including phenoxy) is 4. The lowest BCUT2D eigenvalue weighted by molar-refractivity contribution is -0.161. The van der Waals surface area contributed by atoms with Crippen LogP contribution < -0.4 is 0 Å². The molecule has 0 saturated heterocycles. The van der Waals surface area contributed by atoms with Crippen molar-refractivity contribution in [1.29, 1.82) is 0 Å². The summed E-state index contributed by atoms with van der Waals surface area (Å²) in [5, 5.41) is 10.6. The molecule has 3 unspecified atom stereocenters. The highest BCUT2D eigenvalue weighted by atomic mass is 31.2. The zero-order valence-corrected chi connectivity index (χ0v) is 61.1. The summed E-state index contributed by atoms with van der Waals surface area (Å²) in [6.45, 7) is 11.8. The number of phosphoric acid groups is 2. The van der Waals surface area contributed by atoms with E-state index in [0.717, 1.165) is 108 Å². The minimum absolute atomic E-state index is 0.106. The Morgan fingerprint density at radius 2 is 0.560 bits per heavy atom. The second-order valence-electron chi connectivity index (χ2n) is 27.2. The number of rotatable bonds is 70. The number of aliphatic hydroxyl groups excluding tert-OH is 1. The first kappa shape index (κ1) is 89.1. The van der Waals surface area contributed by atoms with Crippen LogP contribution in [-0.2, 0) is 65.4 Å². The van der Waals surface area contributed by atoms with Crippen molar-refractivity contribution in [2.45, 2.75) is 381 Å². The van der Waals surface area contributed by atoms with Crippen LogP contribution in [0.25, 0.3) is 0 Å². The summed E-state index contributed by atoms with van der Waals surface area (Å²) in [5.74, 6) is 0.171. The number of hydrogen-bond acceptors (Lipinski definition) is 15. The largest absolute Gasteiger partial charge is 0.472 e. The van der Waals surface area contributed by atoms with E-state index in [9.17, 15) is 43.2 Å². The number of phosphoric ester groups is 2. The standard InChI is InChI=1S/C72H140O17P2/c1-8-10-11-12-13-14-19-25-33-41-48-55-71(76)89-68(60-83-70(75)54-47-40-35-28-30-37-44-51-64(5)6)62-87-91(80,81)85-58-66(73)57-84-90(78,79)86-61-67(59-82-69(74)53-46-39-32-27-22-23-29-36-43-50-63(3)4)88-72(77)56-49-42-34-26-21-18-16-15-17-20-24-31-38-45-52-65(7)9-2/h63-68,73H,8-62H2,1-7H3,(H,78,79)(H,80,81)/t65?,66-,67-,68-/m1/s1. The van der Waals surface area contributed by atoms with Crippen LogP contribution in [0.15, 0.2) is 0 Å². The summed E-state index contributed by atoms with van der Waals surface area (Å²) in [6, 6.07) is 0. The van der Waals surface area contributed by atoms with Gasteiger partial charge in [0, 0.05) is 25.7 Å². The summed E-state index contributed by atoms with van der Waals surface area (Å²) in [6.07, 6.45) is 47.2. The number of unbranched alkanes of at least 4 members (excludes halogenated alkanes) is 37. The maximum atomic E-state index is 13.0. The lowest BCUT2D eigenvalue weighted by atomic mass is 9.99. The predicted molar refractivity (Wildman–Crippen MR) is 368 cm³/mol. The molecule has 0 aliphatic heterocycles. The number of carbonyl (C=O) groups excluding carboxylic acids is 4. The molecule has 0 fully saturated rings. The molecule has 17 nitrogen and oxygen atoms in total. The van der Waals surface area contributed by atoms with Crippen LogP contribution in [0.5, 0.6) is 0 Å². The topological polar surface area (TPSA) is 237 Å². The van der Waals surface area contributed by atoms with Crippen molar-refractivity contribution in [3.8, 4) is 0 Å². The minimum Gasteiger partial charge on any atom is -0.462 e. The van der Waals surface area contributed by atoms with E-state index in [1.807, 2.05) is 0 Å². The molecule has 0 radical (unpaired) electrons. The Hall–Kier alpha value is -1.94. The van der Waals surface area contributed by atoms with Gasteiger partial charge in [0.2, 0.25) is 0 Å². The van der Waals surface area contributed by atoms with Crippen LogP contribution in [0.4, 0.5) is 0 Å². The Morgan fingerprint density at radius 1 is 0.319 bits per heavy atom. The first-order valence-corrected chi connectivity index (χ1v) is 40.4. The number of aliphatic hydroxyl groups is 1. The summed E-state index contributed by atoms with van der Waals surface area (Å²) in [4.78, 5) is 72.6. The number of carbonyl (C=O) groups is 4. The van der Waals surface area contributed by atoms with Crippen molar-refractivity contribution >= 4 is 39.5 Å². The average Bonchev–Trinajstić information content (AvgIpc) is 3.24. The molecule has 0 bridgehead atoms. The van der Waals surface area contributed by atoms with Gasteiger partial charge in [-0.15, -0.1) is 0 Å². The van der Waals surface area contributed by atoms with Crippen LogP contribution in [0.3, 0.4) is 0 Å². The molecule has 0 aromatic carbocycles.